The molecule has 1 aliphatic carbocycles. The fourth-order valence-corrected chi connectivity index (χ4v) is 3.53. The Balaban J connectivity index is 2.18. The van der Waals surface area contributed by atoms with Gasteiger partial charge in [0.25, 0.3) is 0 Å². The summed E-state index contributed by atoms with van der Waals surface area (Å²) in [5, 5.41) is 11.4. The molecule has 1 saturated carbocycles. The summed E-state index contributed by atoms with van der Waals surface area (Å²) in [6.45, 7) is 2.18. The molecule has 2 nitrogen and oxygen atoms in total. The second-order valence-corrected chi connectivity index (χ2v) is 6.04. The van der Waals surface area contributed by atoms with Gasteiger partial charge < -0.3 is 9.84 Å². The van der Waals surface area contributed by atoms with Crippen LogP contribution in [0.15, 0.2) is 18.2 Å². The zero-order chi connectivity index (χ0) is 13.9. The van der Waals surface area contributed by atoms with E-state index in [9.17, 15) is 5.11 Å². The molecule has 0 saturated heterocycles. The smallest absolute Gasteiger partial charge is 0.122 e. The van der Waals surface area contributed by atoms with Crippen molar-refractivity contribution in [2.75, 3.05) is 7.11 Å². The van der Waals surface area contributed by atoms with Gasteiger partial charge in [0.2, 0.25) is 0 Å². The second-order valence-electron chi connectivity index (χ2n) is 5.60. The highest BCUT2D eigenvalue weighted by Gasteiger charge is 2.39. The molecule has 0 amide bonds. The zero-order valence-electron chi connectivity index (χ0n) is 11.8. The van der Waals surface area contributed by atoms with Crippen LogP contribution in [0.1, 0.15) is 44.6 Å². The quantitative estimate of drug-likeness (QED) is 0.876. The number of hydrogen-bond acceptors (Lipinski definition) is 2. The molecule has 1 atom stereocenters. The summed E-state index contributed by atoms with van der Waals surface area (Å²) in [6, 6.07) is 5.60. The van der Waals surface area contributed by atoms with Crippen LogP contribution in [0.25, 0.3) is 0 Å². The number of benzene rings is 1. The van der Waals surface area contributed by atoms with E-state index in [1.165, 1.54) is 12.8 Å². The largest absolute Gasteiger partial charge is 0.496 e. The molecule has 106 valence electrons. The van der Waals surface area contributed by atoms with Crippen LogP contribution in [0, 0.1) is 5.41 Å². The van der Waals surface area contributed by atoms with Gasteiger partial charge in [-0.2, -0.15) is 0 Å². The van der Waals surface area contributed by atoms with E-state index in [1.807, 2.05) is 18.2 Å². The average molecular weight is 283 g/mol. The number of methoxy groups -OCH3 is 1. The first-order valence-corrected chi connectivity index (χ1v) is 7.49. The molecular weight excluding hydrogens is 260 g/mol. The summed E-state index contributed by atoms with van der Waals surface area (Å²) < 4.78 is 5.36. The Bertz CT molecular complexity index is 425. The third-order valence-electron chi connectivity index (χ3n) is 4.67. The zero-order valence-corrected chi connectivity index (χ0v) is 12.5. The molecule has 0 aromatic heterocycles. The van der Waals surface area contributed by atoms with Gasteiger partial charge in [0.15, 0.2) is 0 Å². The van der Waals surface area contributed by atoms with E-state index in [-0.39, 0.29) is 11.5 Å². The standard InChI is InChI=1S/C16H23ClO2/c1-3-16(8-4-5-9-16)15(18)11-12-10-13(17)6-7-14(12)19-2/h6-7,10,15,18H,3-5,8-9,11H2,1-2H3. The third-order valence-corrected chi connectivity index (χ3v) is 4.90. The molecule has 3 heteroatoms. The van der Waals surface area contributed by atoms with Crippen molar-refractivity contribution in [2.45, 2.75) is 51.6 Å². The lowest BCUT2D eigenvalue weighted by atomic mass is 9.75. The lowest BCUT2D eigenvalue weighted by Gasteiger charge is -2.33. The number of ether oxygens (including phenoxy) is 1. The topological polar surface area (TPSA) is 29.5 Å². The highest BCUT2D eigenvalue weighted by atomic mass is 35.5. The molecule has 0 spiro atoms. The van der Waals surface area contributed by atoms with Crippen molar-refractivity contribution in [1.29, 1.82) is 0 Å². The van der Waals surface area contributed by atoms with Crippen LogP contribution in [0.5, 0.6) is 5.75 Å². The molecule has 1 fully saturated rings. The average Bonchev–Trinajstić information content (AvgIpc) is 2.89. The summed E-state index contributed by atoms with van der Waals surface area (Å²) >= 11 is 6.05. The summed E-state index contributed by atoms with van der Waals surface area (Å²) in [4.78, 5) is 0. The van der Waals surface area contributed by atoms with Gasteiger partial charge in [-0.1, -0.05) is 31.4 Å². The van der Waals surface area contributed by atoms with E-state index in [4.69, 9.17) is 16.3 Å². The van der Waals surface area contributed by atoms with Crippen molar-refractivity contribution >= 4 is 11.6 Å². The van der Waals surface area contributed by atoms with E-state index in [0.29, 0.717) is 11.4 Å². The lowest BCUT2D eigenvalue weighted by molar-refractivity contribution is 0.0253. The first-order chi connectivity index (χ1) is 9.11. The maximum atomic E-state index is 10.7. The van der Waals surface area contributed by atoms with Gasteiger partial charge in [-0.15, -0.1) is 0 Å². The second kappa shape index (κ2) is 6.15. The molecule has 19 heavy (non-hydrogen) atoms. The Hall–Kier alpha value is -0.730. The minimum absolute atomic E-state index is 0.0906. The van der Waals surface area contributed by atoms with Crippen LogP contribution >= 0.6 is 11.6 Å². The summed E-state index contributed by atoms with van der Waals surface area (Å²) in [5.41, 5.74) is 1.09. The summed E-state index contributed by atoms with van der Waals surface area (Å²) in [7, 11) is 1.66. The predicted molar refractivity (Wildman–Crippen MR) is 78.9 cm³/mol. The van der Waals surface area contributed by atoms with E-state index in [0.717, 1.165) is 30.6 Å². The Kier molecular flexibility index (Phi) is 4.75. The molecule has 1 aromatic carbocycles. The highest BCUT2D eigenvalue weighted by molar-refractivity contribution is 6.30. The Labute approximate surface area is 120 Å². The van der Waals surface area contributed by atoms with Crippen LogP contribution in [-0.4, -0.2) is 18.3 Å². The van der Waals surface area contributed by atoms with E-state index in [2.05, 4.69) is 6.92 Å². The van der Waals surface area contributed by atoms with Crippen LogP contribution in [0.3, 0.4) is 0 Å². The van der Waals surface area contributed by atoms with Crippen molar-refractivity contribution in [3.63, 3.8) is 0 Å². The maximum absolute atomic E-state index is 10.7. The monoisotopic (exact) mass is 282 g/mol. The van der Waals surface area contributed by atoms with Gasteiger partial charge in [0, 0.05) is 11.4 Å². The molecule has 1 N–H and O–H groups in total. The van der Waals surface area contributed by atoms with Gasteiger partial charge in [0.05, 0.1) is 13.2 Å². The summed E-state index contributed by atoms with van der Waals surface area (Å²) in [6.07, 6.45) is 6.08. The first-order valence-electron chi connectivity index (χ1n) is 7.12. The van der Waals surface area contributed by atoms with E-state index < -0.39 is 0 Å². The molecule has 0 bridgehead atoms. The molecule has 0 radical (unpaired) electrons. The molecule has 2 rings (SSSR count). The van der Waals surface area contributed by atoms with Crippen LogP contribution in [-0.2, 0) is 6.42 Å². The molecule has 1 unspecified atom stereocenters. The van der Waals surface area contributed by atoms with Crippen molar-refractivity contribution in [3.8, 4) is 5.75 Å². The first kappa shape index (κ1) is 14.7. The minimum atomic E-state index is -0.313. The summed E-state index contributed by atoms with van der Waals surface area (Å²) in [5.74, 6) is 0.813. The maximum Gasteiger partial charge on any atom is 0.122 e. The number of hydrogen-bond donors (Lipinski definition) is 1. The van der Waals surface area contributed by atoms with Gasteiger partial charge in [0.1, 0.15) is 5.75 Å². The normalized spacial score (nSPS) is 19.4. The van der Waals surface area contributed by atoms with Crippen molar-refractivity contribution in [2.24, 2.45) is 5.41 Å². The van der Waals surface area contributed by atoms with Gasteiger partial charge in [-0.05, 0) is 48.4 Å². The predicted octanol–water partition coefficient (Wildman–Crippen LogP) is 4.22. The third kappa shape index (κ3) is 3.06. The number of aliphatic hydroxyl groups excluding tert-OH is 1. The fourth-order valence-electron chi connectivity index (χ4n) is 3.33. The highest BCUT2D eigenvalue weighted by Crippen LogP contribution is 2.45. The Morgan fingerprint density at radius 2 is 2.05 bits per heavy atom. The van der Waals surface area contributed by atoms with Gasteiger partial charge in [-0.25, -0.2) is 0 Å². The van der Waals surface area contributed by atoms with Crippen molar-refractivity contribution in [3.05, 3.63) is 28.8 Å². The van der Waals surface area contributed by atoms with Crippen molar-refractivity contribution < 1.29 is 9.84 Å². The lowest BCUT2D eigenvalue weighted by Crippen LogP contribution is -2.33. The Morgan fingerprint density at radius 3 is 2.63 bits per heavy atom. The van der Waals surface area contributed by atoms with E-state index >= 15 is 0 Å². The molecule has 0 aliphatic heterocycles. The van der Waals surface area contributed by atoms with E-state index in [1.54, 1.807) is 7.11 Å². The van der Waals surface area contributed by atoms with Crippen LogP contribution in [0.2, 0.25) is 5.02 Å². The number of halogens is 1. The molecule has 1 aliphatic rings. The van der Waals surface area contributed by atoms with Crippen LogP contribution in [0.4, 0.5) is 0 Å². The molecular formula is C16H23ClO2. The van der Waals surface area contributed by atoms with Gasteiger partial charge >= 0.3 is 0 Å². The molecule has 1 aromatic rings. The van der Waals surface area contributed by atoms with Crippen LogP contribution < -0.4 is 4.74 Å². The number of aliphatic hydroxyl groups is 1. The number of rotatable bonds is 5. The SMILES string of the molecule is CCC1(C(O)Cc2cc(Cl)ccc2OC)CCCC1. The fraction of sp³-hybridized carbons (Fsp3) is 0.625. The Morgan fingerprint density at radius 1 is 1.37 bits per heavy atom. The van der Waals surface area contributed by atoms with Crippen molar-refractivity contribution in [1.82, 2.24) is 0 Å². The van der Waals surface area contributed by atoms with Gasteiger partial charge in [-0.3, -0.25) is 0 Å². The molecule has 0 heterocycles. The minimum Gasteiger partial charge on any atom is -0.496 e.